The van der Waals surface area contributed by atoms with Crippen molar-refractivity contribution >= 4 is 18.1 Å². The Morgan fingerprint density at radius 1 is 1.28 bits per heavy atom. The first-order valence-electron chi connectivity index (χ1n) is 5.25. The number of nitrogens with one attached hydrogen (secondary N) is 2. The molecule has 0 saturated carbocycles. The molecule has 8 nitrogen and oxygen atoms in total. The zero-order chi connectivity index (χ0) is 14.8. The Hall–Kier alpha value is -1.85. The van der Waals surface area contributed by atoms with Gasteiger partial charge in [0.1, 0.15) is 6.04 Å². The maximum atomic E-state index is 11.0. The second kappa shape index (κ2) is 20.5. The largest absolute Gasteiger partial charge is 0.465 e. The maximum absolute atomic E-state index is 11.0. The molecular formula is C10H20N4O4. The summed E-state index contributed by atoms with van der Waals surface area (Å²) in [6, 6.07) is -0.475. The zero-order valence-corrected chi connectivity index (χ0v) is 10.4. The molecule has 0 aliphatic rings. The molecule has 0 radical (unpaired) electrons. The lowest BCUT2D eigenvalue weighted by Gasteiger charge is -2.09. The Bertz CT molecular complexity index is 247. The minimum atomic E-state index is -0.475. The van der Waals surface area contributed by atoms with Crippen molar-refractivity contribution in [3.05, 3.63) is 0 Å². The van der Waals surface area contributed by atoms with Crippen molar-refractivity contribution in [1.82, 2.24) is 0 Å². The predicted octanol–water partition coefficient (Wildman–Crippen LogP) is -0.192. The van der Waals surface area contributed by atoms with E-state index in [1.54, 1.807) is 6.92 Å². The number of carbonyl (C=O) groups is 1. The van der Waals surface area contributed by atoms with Crippen LogP contribution in [0.15, 0.2) is 0 Å². The molecule has 0 aromatic heterocycles. The number of esters is 1. The standard InChI is InChI=1S/C8H18N2O2.2CHNO/c1-2-12-8(11)7(10)5-3-4-6-9;2*2-1-3/h7H,2-6,9-10H2,1H3;2*2H/t7-;;/m0../s1. The molecule has 1 atom stereocenters. The summed E-state index contributed by atoms with van der Waals surface area (Å²) in [4.78, 5) is 27.7. The van der Waals surface area contributed by atoms with Crippen LogP contribution < -0.4 is 11.5 Å². The van der Waals surface area contributed by atoms with Crippen LogP contribution in [-0.4, -0.2) is 37.3 Å². The number of hydrogen-bond donors (Lipinski definition) is 4. The summed E-state index contributed by atoms with van der Waals surface area (Å²) >= 11 is 0. The molecule has 0 unspecified atom stereocenters. The lowest BCUT2D eigenvalue weighted by Crippen LogP contribution is -2.32. The van der Waals surface area contributed by atoms with Crippen molar-refractivity contribution < 1.29 is 19.1 Å². The van der Waals surface area contributed by atoms with Gasteiger partial charge < -0.3 is 16.2 Å². The fourth-order valence-electron chi connectivity index (χ4n) is 0.876. The Balaban J connectivity index is -0.000000315. The molecule has 0 aliphatic carbocycles. The van der Waals surface area contributed by atoms with Gasteiger partial charge in [-0.2, -0.15) is 0 Å². The van der Waals surface area contributed by atoms with Gasteiger partial charge in [0.05, 0.1) is 6.61 Å². The molecule has 0 aromatic rings. The number of nitrogens with two attached hydrogens (primary N) is 2. The third-order valence-electron chi connectivity index (χ3n) is 1.56. The minimum absolute atomic E-state index is 0.311. The minimum Gasteiger partial charge on any atom is -0.465 e. The lowest BCUT2D eigenvalue weighted by atomic mass is 10.1. The van der Waals surface area contributed by atoms with Crippen LogP contribution >= 0.6 is 0 Å². The monoisotopic (exact) mass is 260 g/mol. The van der Waals surface area contributed by atoms with E-state index in [2.05, 4.69) is 0 Å². The number of hydrogen-bond acceptors (Lipinski definition) is 8. The highest BCUT2D eigenvalue weighted by atomic mass is 16.5. The smallest absolute Gasteiger partial charge is 0.322 e. The normalized spacial score (nSPS) is 9.28. The van der Waals surface area contributed by atoms with Crippen LogP contribution in [0.5, 0.6) is 0 Å². The molecule has 0 bridgehead atoms. The van der Waals surface area contributed by atoms with Gasteiger partial charge in [-0.25, -0.2) is 20.4 Å². The molecule has 6 N–H and O–H groups in total. The van der Waals surface area contributed by atoms with Crippen LogP contribution in [0.3, 0.4) is 0 Å². The number of carbonyl (C=O) groups excluding carboxylic acids is 3. The van der Waals surface area contributed by atoms with E-state index in [4.69, 9.17) is 36.6 Å². The second-order valence-electron chi connectivity index (χ2n) is 2.85. The summed E-state index contributed by atoms with van der Waals surface area (Å²) in [5.74, 6) is -0.311. The molecular weight excluding hydrogens is 240 g/mol. The van der Waals surface area contributed by atoms with Crippen molar-refractivity contribution in [2.45, 2.75) is 32.2 Å². The Labute approximate surface area is 106 Å². The molecule has 0 fully saturated rings. The molecule has 0 spiro atoms. The van der Waals surface area contributed by atoms with Crippen LogP contribution in [-0.2, 0) is 19.1 Å². The molecule has 0 amide bonds. The number of rotatable bonds is 6. The average molecular weight is 260 g/mol. The Morgan fingerprint density at radius 3 is 2.06 bits per heavy atom. The van der Waals surface area contributed by atoms with E-state index in [0.29, 0.717) is 19.6 Å². The van der Waals surface area contributed by atoms with Gasteiger partial charge in [-0.05, 0) is 26.3 Å². The van der Waals surface area contributed by atoms with E-state index in [1.165, 1.54) is 0 Å². The van der Waals surface area contributed by atoms with E-state index >= 15 is 0 Å². The summed E-state index contributed by atoms with van der Waals surface area (Å²) in [5.41, 5.74) is 10.8. The Morgan fingerprint density at radius 2 is 1.72 bits per heavy atom. The first kappa shape index (κ1) is 21.4. The van der Waals surface area contributed by atoms with Gasteiger partial charge >= 0.3 is 5.97 Å². The number of ether oxygens (including phenoxy) is 1. The number of isocyanates is 2. The van der Waals surface area contributed by atoms with Crippen LogP contribution in [0.4, 0.5) is 0 Å². The molecule has 0 aromatic carbocycles. The Kier molecular flexibility index (Phi) is 24.5. The summed E-state index contributed by atoms with van der Waals surface area (Å²) in [6.45, 7) is 2.81. The first-order valence-corrected chi connectivity index (χ1v) is 5.25. The molecule has 0 saturated heterocycles. The first-order chi connectivity index (χ1) is 8.55. The SMILES string of the molecule is CCOC(=O)[C@@H](N)CCCCN.N=C=O.N=C=O. The molecule has 0 aliphatic heterocycles. The summed E-state index contributed by atoms with van der Waals surface area (Å²) in [5, 5.41) is 10.8. The van der Waals surface area contributed by atoms with E-state index in [9.17, 15) is 4.79 Å². The van der Waals surface area contributed by atoms with Gasteiger partial charge in [0.15, 0.2) is 0 Å². The van der Waals surface area contributed by atoms with Crippen molar-refractivity contribution in [3.63, 3.8) is 0 Å². The van der Waals surface area contributed by atoms with Gasteiger partial charge in [0, 0.05) is 0 Å². The van der Waals surface area contributed by atoms with Crippen LogP contribution in [0.1, 0.15) is 26.2 Å². The summed E-state index contributed by atoms with van der Waals surface area (Å²) in [6.07, 6.45) is 3.96. The van der Waals surface area contributed by atoms with E-state index in [1.807, 2.05) is 0 Å². The lowest BCUT2D eigenvalue weighted by molar-refractivity contribution is -0.144. The molecule has 104 valence electrons. The van der Waals surface area contributed by atoms with Crippen LogP contribution in [0.25, 0.3) is 0 Å². The van der Waals surface area contributed by atoms with Gasteiger partial charge in [-0.1, -0.05) is 6.42 Å². The fraction of sp³-hybridized carbons (Fsp3) is 0.700. The molecule has 0 rings (SSSR count). The van der Waals surface area contributed by atoms with E-state index in [0.717, 1.165) is 25.0 Å². The third kappa shape index (κ3) is 23.8. The predicted molar refractivity (Wildman–Crippen MR) is 64.3 cm³/mol. The van der Waals surface area contributed by atoms with E-state index < -0.39 is 6.04 Å². The van der Waals surface area contributed by atoms with Crippen molar-refractivity contribution in [1.29, 1.82) is 10.8 Å². The quantitative estimate of drug-likeness (QED) is 0.224. The van der Waals surface area contributed by atoms with Crippen LogP contribution in [0, 0.1) is 10.8 Å². The van der Waals surface area contributed by atoms with Crippen molar-refractivity contribution in [2.75, 3.05) is 13.2 Å². The summed E-state index contributed by atoms with van der Waals surface area (Å²) < 4.78 is 4.74. The third-order valence-corrected chi connectivity index (χ3v) is 1.56. The van der Waals surface area contributed by atoms with Crippen LogP contribution in [0.2, 0.25) is 0 Å². The topological polar surface area (TPSA) is 160 Å². The highest BCUT2D eigenvalue weighted by Crippen LogP contribution is 1.99. The molecule has 0 heterocycles. The van der Waals surface area contributed by atoms with Gasteiger partial charge in [-0.3, -0.25) is 4.79 Å². The fourth-order valence-corrected chi connectivity index (χ4v) is 0.876. The van der Waals surface area contributed by atoms with Crippen molar-refractivity contribution in [2.24, 2.45) is 11.5 Å². The van der Waals surface area contributed by atoms with Gasteiger partial charge in [-0.15, -0.1) is 0 Å². The maximum Gasteiger partial charge on any atom is 0.322 e. The second-order valence-corrected chi connectivity index (χ2v) is 2.85. The highest BCUT2D eigenvalue weighted by molar-refractivity contribution is 5.75. The average Bonchev–Trinajstić information content (AvgIpc) is 2.31. The van der Waals surface area contributed by atoms with Gasteiger partial charge in [0.2, 0.25) is 12.2 Å². The molecule has 18 heavy (non-hydrogen) atoms. The van der Waals surface area contributed by atoms with Gasteiger partial charge in [0.25, 0.3) is 0 Å². The molecule has 8 heteroatoms. The zero-order valence-electron chi connectivity index (χ0n) is 10.4. The summed E-state index contributed by atoms with van der Waals surface area (Å²) in [7, 11) is 0. The van der Waals surface area contributed by atoms with E-state index in [-0.39, 0.29) is 5.97 Å². The highest BCUT2D eigenvalue weighted by Gasteiger charge is 2.12. The number of unbranched alkanes of at least 4 members (excludes halogenated alkanes) is 1. The van der Waals surface area contributed by atoms with Crippen molar-refractivity contribution in [3.8, 4) is 0 Å².